The molecule has 0 radical (unpaired) electrons. The van der Waals surface area contributed by atoms with E-state index in [2.05, 4.69) is 18.6 Å². The molecule has 3 nitrogen and oxygen atoms in total. The minimum atomic E-state index is -0.779. The first-order valence-corrected chi connectivity index (χ1v) is 6.26. The highest BCUT2D eigenvalue weighted by atomic mass is 35.5. The van der Waals surface area contributed by atoms with Gasteiger partial charge in [-0.25, -0.2) is 0 Å². The van der Waals surface area contributed by atoms with Gasteiger partial charge in [0, 0.05) is 0 Å². The number of ether oxygens (including phenoxy) is 2. The van der Waals surface area contributed by atoms with Gasteiger partial charge in [-0.05, 0) is 41.7 Å². The van der Waals surface area contributed by atoms with Crippen molar-refractivity contribution in [3.8, 4) is 5.75 Å². The van der Waals surface area contributed by atoms with E-state index in [4.69, 9.17) is 16.3 Å². The molecule has 4 heteroatoms. The van der Waals surface area contributed by atoms with Crippen molar-refractivity contribution in [2.75, 3.05) is 14.2 Å². The van der Waals surface area contributed by atoms with Crippen molar-refractivity contribution in [3.63, 3.8) is 0 Å². The van der Waals surface area contributed by atoms with E-state index in [1.54, 1.807) is 7.11 Å². The molecule has 0 aliphatic heterocycles. The fourth-order valence-electron chi connectivity index (χ4n) is 1.85. The molecule has 1 rings (SSSR count). The van der Waals surface area contributed by atoms with Crippen molar-refractivity contribution in [3.05, 3.63) is 28.8 Å². The molecule has 0 aliphatic carbocycles. The minimum absolute atomic E-state index is 0.292. The van der Waals surface area contributed by atoms with Crippen LogP contribution in [0.3, 0.4) is 0 Å². The van der Waals surface area contributed by atoms with Gasteiger partial charge in [-0.2, -0.15) is 0 Å². The van der Waals surface area contributed by atoms with Gasteiger partial charge in [-0.3, -0.25) is 4.79 Å². The van der Waals surface area contributed by atoms with Crippen LogP contribution in [-0.4, -0.2) is 20.2 Å². The molecule has 0 aromatic heterocycles. The maximum atomic E-state index is 11.5. The molecular weight excluding hydrogens is 252 g/mol. The van der Waals surface area contributed by atoms with Gasteiger partial charge in [0.15, 0.2) is 5.38 Å². The highest BCUT2D eigenvalue weighted by Gasteiger charge is 2.22. The van der Waals surface area contributed by atoms with Gasteiger partial charge in [0.2, 0.25) is 0 Å². The molecule has 18 heavy (non-hydrogen) atoms. The summed E-state index contributed by atoms with van der Waals surface area (Å²) in [7, 11) is 2.97. The van der Waals surface area contributed by atoms with Gasteiger partial charge in [0.05, 0.1) is 14.2 Å². The Morgan fingerprint density at radius 1 is 1.22 bits per heavy atom. The largest absolute Gasteiger partial charge is 0.496 e. The second kappa shape index (κ2) is 6.10. The van der Waals surface area contributed by atoms with Crippen molar-refractivity contribution in [1.29, 1.82) is 0 Å². The van der Waals surface area contributed by atoms with Gasteiger partial charge in [0.1, 0.15) is 5.75 Å². The van der Waals surface area contributed by atoms with Crippen LogP contribution >= 0.6 is 11.6 Å². The Labute approximate surface area is 113 Å². The standard InChI is InChI=1S/C14H19ClO3/c1-8(2)10-7-11(13(15)14(16)18-5)9(3)6-12(10)17-4/h6-8,13H,1-5H3. The van der Waals surface area contributed by atoms with Crippen molar-refractivity contribution in [1.82, 2.24) is 0 Å². The maximum absolute atomic E-state index is 11.5. The summed E-state index contributed by atoms with van der Waals surface area (Å²) in [4.78, 5) is 11.5. The zero-order chi connectivity index (χ0) is 13.9. The molecule has 1 aromatic rings. The molecule has 0 amide bonds. The van der Waals surface area contributed by atoms with E-state index >= 15 is 0 Å². The first-order valence-electron chi connectivity index (χ1n) is 5.82. The smallest absolute Gasteiger partial charge is 0.328 e. The zero-order valence-corrected chi connectivity index (χ0v) is 12.2. The molecule has 1 unspecified atom stereocenters. The van der Waals surface area contributed by atoms with E-state index in [1.807, 2.05) is 19.1 Å². The van der Waals surface area contributed by atoms with Crippen molar-refractivity contribution >= 4 is 17.6 Å². The first kappa shape index (κ1) is 14.8. The van der Waals surface area contributed by atoms with Crippen LogP contribution in [0.4, 0.5) is 0 Å². The van der Waals surface area contributed by atoms with Gasteiger partial charge in [-0.1, -0.05) is 13.8 Å². The molecule has 0 aliphatic rings. The average Bonchev–Trinajstić information content (AvgIpc) is 2.36. The summed E-state index contributed by atoms with van der Waals surface area (Å²) in [6.07, 6.45) is 0. The van der Waals surface area contributed by atoms with Gasteiger partial charge >= 0.3 is 5.97 Å². The Bertz CT molecular complexity index is 441. The topological polar surface area (TPSA) is 35.5 Å². The summed E-state index contributed by atoms with van der Waals surface area (Å²) >= 11 is 6.12. The molecule has 0 N–H and O–H groups in total. The second-order valence-electron chi connectivity index (χ2n) is 4.49. The molecule has 100 valence electrons. The molecule has 0 spiro atoms. The third-order valence-electron chi connectivity index (χ3n) is 2.92. The Morgan fingerprint density at radius 2 is 1.83 bits per heavy atom. The third kappa shape index (κ3) is 2.96. The number of alkyl halides is 1. The number of aryl methyl sites for hydroxylation is 1. The van der Waals surface area contributed by atoms with E-state index in [-0.39, 0.29) is 0 Å². The lowest BCUT2D eigenvalue weighted by Crippen LogP contribution is -2.11. The van der Waals surface area contributed by atoms with Crippen molar-refractivity contribution in [2.45, 2.75) is 32.1 Å². The van der Waals surface area contributed by atoms with Crippen LogP contribution in [-0.2, 0) is 9.53 Å². The SMILES string of the molecule is COC(=O)C(Cl)c1cc(C(C)C)c(OC)cc1C. The second-order valence-corrected chi connectivity index (χ2v) is 4.93. The van der Waals surface area contributed by atoms with E-state index in [9.17, 15) is 4.79 Å². The quantitative estimate of drug-likeness (QED) is 0.620. The van der Waals surface area contributed by atoms with Crippen LogP contribution in [0, 0.1) is 6.92 Å². The highest BCUT2D eigenvalue weighted by molar-refractivity contribution is 6.30. The van der Waals surface area contributed by atoms with E-state index in [0.29, 0.717) is 5.92 Å². The number of halogens is 1. The van der Waals surface area contributed by atoms with E-state index in [1.165, 1.54) is 7.11 Å². The van der Waals surface area contributed by atoms with Crippen LogP contribution in [0.1, 0.15) is 41.8 Å². The lowest BCUT2D eigenvalue weighted by Gasteiger charge is -2.17. The van der Waals surface area contributed by atoms with Crippen LogP contribution in [0.2, 0.25) is 0 Å². The van der Waals surface area contributed by atoms with Crippen LogP contribution in [0.5, 0.6) is 5.75 Å². The summed E-state index contributed by atoms with van der Waals surface area (Å²) in [5.41, 5.74) is 2.72. The van der Waals surface area contributed by atoms with Crippen molar-refractivity contribution in [2.24, 2.45) is 0 Å². The number of esters is 1. The van der Waals surface area contributed by atoms with Gasteiger partial charge in [-0.15, -0.1) is 11.6 Å². The normalized spacial score (nSPS) is 12.4. The van der Waals surface area contributed by atoms with Crippen LogP contribution in [0.25, 0.3) is 0 Å². The molecule has 0 heterocycles. The highest BCUT2D eigenvalue weighted by Crippen LogP contribution is 2.34. The zero-order valence-electron chi connectivity index (χ0n) is 11.4. The molecule has 0 bridgehead atoms. The summed E-state index contributed by atoms with van der Waals surface area (Å²) in [5.74, 6) is 0.667. The minimum Gasteiger partial charge on any atom is -0.496 e. The number of benzene rings is 1. The number of rotatable bonds is 4. The molecule has 0 saturated heterocycles. The van der Waals surface area contributed by atoms with Crippen LogP contribution in [0.15, 0.2) is 12.1 Å². The summed E-state index contributed by atoms with van der Waals surface area (Å²) in [6.45, 7) is 6.04. The summed E-state index contributed by atoms with van der Waals surface area (Å²) < 4.78 is 10.0. The van der Waals surface area contributed by atoms with Gasteiger partial charge in [0.25, 0.3) is 0 Å². The van der Waals surface area contributed by atoms with Crippen molar-refractivity contribution < 1.29 is 14.3 Å². The predicted octanol–water partition coefficient (Wildman–Crippen LogP) is 3.58. The number of methoxy groups -OCH3 is 2. The molecule has 0 saturated carbocycles. The Balaban J connectivity index is 3.29. The predicted molar refractivity (Wildman–Crippen MR) is 72.4 cm³/mol. The van der Waals surface area contributed by atoms with E-state index in [0.717, 1.165) is 22.4 Å². The Hall–Kier alpha value is -1.22. The summed E-state index contributed by atoms with van der Waals surface area (Å²) in [5, 5.41) is -0.779. The molecular formula is C14H19ClO3. The summed E-state index contributed by atoms with van der Waals surface area (Å²) in [6, 6.07) is 3.83. The number of carbonyl (C=O) groups is 1. The monoisotopic (exact) mass is 270 g/mol. The Morgan fingerprint density at radius 3 is 2.28 bits per heavy atom. The fraction of sp³-hybridized carbons (Fsp3) is 0.500. The molecule has 0 fully saturated rings. The molecule has 1 atom stereocenters. The lowest BCUT2D eigenvalue weighted by molar-refractivity contribution is -0.140. The number of hydrogen-bond acceptors (Lipinski definition) is 3. The number of carbonyl (C=O) groups excluding carboxylic acids is 1. The Kier molecular flexibility index (Phi) is 5.03. The first-order chi connectivity index (χ1) is 8.42. The maximum Gasteiger partial charge on any atom is 0.328 e. The van der Waals surface area contributed by atoms with Gasteiger partial charge < -0.3 is 9.47 Å². The van der Waals surface area contributed by atoms with Crippen LogP contribution < -0.4 is 4.74 Å². The third-order valence-corrected chi connectivity index (χ3v) is 3.33. The fourth-order valence-corrected chi connectivity index (χ4v) is 2.17. The van der Waals surface area contributed by atoms with E-state index < -0.39 is 11.3 Å². The lowest BCUT2D eigenvalue weighted by atomic mass is 9.95. The average molecular weight is 271 g/mol. The molecule has 1 aromatic carbocycles. The number of hydrogen-bond donors (Lipinski definition) is 0.